The van der Waals surface area contributed by atoms with E-state index in [1.54, 1.807) is 0 Å². The van der Waals surface area contributed by atoms with Crippen LogP contribution in [0.4, 0.5) is 4.39 Å². The van der Waals surface area contributed by atoms with Gasteiger partial charge in [0.1, 0.15) is 6.17 Å². The summed E-state index contributed by atoms with van der Waals surface area (Å²) in [7, 11) is 0. The molecule has 1 aliphatic heterocycles. The van der Waals surface area contributed by atoms with Crippen molar-refractivity contribution in [1.29, 1.82) is 0 Å². The molecule has 1 saturated carbocycles. The maximum atomic E-state index is 12.6. The van der Waals surface area contributed by atoms with Crippen LogP contribution in [0, 0.1) is 0 Å². The Kier molecular flexibility index (Phi) is 2.00. The number of amides is 1. The summed E-state index contributed by atoms with van der Waals surface area (Å²) in [6.45, 7) is 0.322. The summed E-state index contributed by atoms with van der Waals surface area (Å²) in [5, 5.41) is 5.70. The van der Waals surface area contributed by atoms with Gasteiger partial charge in [-0.25, -0.2) is 4.39 Å². The topological polar surface area (TPSA) is 41.1 Å². The Labute approximate surface area is 70.7 Å². The van der Waals surface area contributed by atoms with Gasteiger partial charge in [0.05, 0.1) is 6.04 Å². The maximum Gasteiger partial charge on any atom is 0.237 e. The van der Waals surface area contributed by atoms with Gasteiger partial charge in [0.2, 0.25) is 5.91 Å². The van der Waals surface area contributed by atoms with Crippen molar-refractivity contribution in [3.05, 3.63) is 0 Å². The van der Waals surface area contributed by atoms with Crippen LogP contribution in [0.15, 0.2) is 0 Å². The summed E-state index contributed by atoms with van der Waals surface area (Å²) in [5.41, 5.74) is 0. The molecule has 0 unspecified atom stereocenters. The molecule has 0 radical (unpaired) electrons. The largest absolute Gasteiger partial charge is 0.352 e. The van der Waals surface area contributed by atoms with Gasteiger partial charge in [-0.3, -0.25) is 4.79 Å². The van der Waals surface area contributed by atoms with Crippen LogP contribution in [0.1, 0.15) is 19.3 Å². The first-order chi connectivity index (χ1) is 5.75. The number of hydrogen-bond donors (Lipinski definition) is 2. The lowest BCUT2D eigenvalue weighted by Crippen LogP contribution is -2.41. The normalized spacial score (nSPS) is 35.1. The first kappa shape index (κ1) is 7.98. The van der Waals surface area contributed by atoms with Gasteiger partial charge in [0.25, 0.3) is 0 Å². The molecule has 12 heavy (non-hydrogen) atoms. The molecule has 1 amide bonds. The molecule has 2 N–H and O–H groups in total. The minimum absolute atomic E-state index is 0.0300. The molecular weight excluding hydrogens is 159 g/mol. The van der Waals surface area contributed by atoms with Crippen LogP contribution in [0.25, 0.3) is 0 Å². The lowest BCUT2D eigenvalue weighted by atomic mass is 10.2. The number of halogens is 1. The van der Waals surface area contributed by atoms with Gasteiger partial charge in [-0.1, -0.05) is 0 Å². The molecule has 68 valence electrons. The standard InChI is InChI=1S/C8H13FN2O/c9-5-3-7(10-4-5)8(12)11-6-1-2-6/h5-7,10H,1-4H2,(H,11,12)/t5-,7+/m0/s1. The van der Waals surface area contributed by atoms with Crippen molar-refractivity contribution in [3.63, 3.8) is 0 Å². The summed E-state index contributed by atoms with van der Waals surface area (Å²) >= 11 is 0. The minimum Gasteiger partial charge on any atom is -0.352 e. The lowest BCUT2D eigenvalue weighted by molar-refractivity contribution is -0.123. The van der Waals surface area contributed by atoms with Gasteiger partial charge >= 0.3 is 0 Å². The van der Waals surface area contributed by atoms with Crippen LogP contribution in [0.3, 0.4) is 0 Å². The van der Waals surface area contributed by atoms with Gasteiger partial charge in [-0.15, -0.1) is 0 Å². The van der Waals surface area contributed by atoms with Crippen LogP contribution < -0.4 is 10.6 Å². The Balaban J connectivity index is 1.79. The average Bonchev–Trinajstić information content (AvgIpc) is 2.72. The molecule has 2 fully saturated rings. The molecule has 0 aromatic rings. The minimum atomic E-state index is -0.847. The van der Waals surface area contributed by atoms with E-state index in [0.717, 1.165) is 12.8 Å². The molecule has 1 aliphatic carbocycles. The molecule has 3 nitrogen and oxygen atoms in total. The predicted molar refractivity (Wildman–Crippen MR) is 42.5 cm³/mol. The molecule has 1 heterocycles. The van der Waals surface area contributed by atoms with Gasteiger partial charge in [0, 0.05) is 19.0 Å². The third-order valence-corrected chi connectivity index (χ3v) is 2.32. The second-order valence-corrected chi connectivity index (χ2v) is 3.58. The fourth-order valence-electron chi connectivity index (χ4n) is 1.42. The fraction of sp³-hybridized carbons (Fsp3) is 0.875. The lowest BCUT2D eigenvalue weighted by Gasteiger charge is -2.09. The SMILES string of the molecule is O=C(NC1CC1)[C@H]1C[C@H](F)CN1. The van der Waals surface area contributed by atoms with Gasteiger partial charge in [0.15, 0.2) is 0 Å². The number of carbonyl (C=O) groups is 1. The van der Waals surface area contributed by atoms with Crippen molar-refractivity contribution in [2.75, 3.05) is 6.54 Å². The molecular formula is C8H13FN2O. The van der Waals surface area contributed by atoms with E-state index >= 15 is 0 Å². The van der Waals surface area contributed by atoms with Crippen molar-refractivity contribution in [3.8, 4) is 0 Å². The van der Waals surface area contributed by atoms with E-state index in [0.29, 0.717) is 19.0 Å². The Morgan fingerprint density at radius 1 is 1.50 bits per heavy atom. The van der Waals surface area contributed by atoms with Crippen LogP contribution in [-0.2, 0) is 4.79 Å². The Bertz CT molecular complexity index is 193. The summed E-state index contributed by atoms with van der Waals surface area (Å²) < 4.78 is 12.6. The van der Waals surface area contributed by atoms with Crippen LogP contribution in [0.2, 0.25) is 0 Å². The highest BCUT2D eigenvalue weighted by molar-refractivity contribution is 5.82. The zero-order chi connectivity index (χ0) is 8.55. The molecule has 1 saturated heterocycles. The zero-order valence-electron chi connectivity index (χ0n) is 6.85. The van der Waals surface area contributed by atoms with E-state index in [1.807, 2.05) is 0 Å². The van der Waals surface area contributed by atoms with Crippen molar-refractivity contribution >= 4 is 5.91 Å². The molecule has 2 atom stereocenters. The molecule has 0 aromatic carbocycles. The Morgan fingerprint density at radius 3 is 2.75 bits per heavy atom. The van der Waals surface area contributed by atoms with Crippen molar-refractivity contribution < 1.29 is 9.18 Å². The fourth-order valence-corrected chi connectivity index (χ4v) is 1.42. The molecule has 0 spiro atoms. The number of nitrogens with one attached hydrogen (secondary N) is 2. The van der Waals surface area contributed by atoms with E-state index in [9.17, 15) is 9.18 Å². The quantitative estimate of drug-likeness (QED) is 0.614. The van der Waals surface area contributed by atoms with E-state index in [4.69, 9.17) is 0 Å². The molecule has 2 aliphatic rings. The Morgan fingerprint density at radius 2 is 2.25 bits per heavy atom. The number of hydrogen-bond acceptors (Lipinski definition) is 2. The van der Waals surface area contributed by atoms with E-state index < -0.39 is 6.17 Å². The monoisotopic (exact) mass is 172 g/mol. The third kappa shape index (κ3) is 1.75. The van der Waals surface area contributed by atoms with Gasteiger partial charge < -0.3 is 10.6 Å². The van der Waals surface area contributed by atoms with E-state index in [1.165, 1.54) is 0 Å². The highest BCUT2D eigenvalue weighted by Gasteiger charge is 2.32. The van der Waals surface area contributed by atoms with Crippen molar-refractivity contribution in [2.45, 2.75) is 37.5 Å². The van der Waals surface area contributed by atoms with Crippen LogP contribution in [-0.4, -0.2) is 30.7 Å². The van der Waals surface area contributed by atoms with Crippen LogP contribution in [0.5, 0.6) is 0 Å². The van der Waals surface area contributed by atoms with Gasteiger partial charge in [-0.05, 0) is 12.8 Å². The molecule has 0 aromatic heterocycles. The second kappa shape index (κ2) is 3.01. The summed E-state index contributed by atoms with van der Waals surface area (Å²) in [4.78, 5) is 11.3. The molecule has 0 bridgehead atoms. The number of carbonyl (C=O) groups excluding carboxylic acids is 1. The molecule has 2 rings (SSSR count). The average molecular weight is 172 g/mol. The van der Waals surface area contributed by atoms with E-state index in [-0.39, 0.29) is 11.9 Å². The Hall–Kier alpha value is -0.640. The summed E-state index contributed by atoms with van der Waals surface area (Å²) in [5.74, 6) is -0.0300. The first-order valence-corrected chi connectivity index (χ1v) is 4.43. The summed E-state index contributed by atoms with van der Waals surface area (Å²) in [6, 6.07) is 0.0820. The highest BCUT2D eigenvalue weighted by atomic mass is 19.1. The number of rotatable bonds is 2. The van der Waals surface area contributed by atoms with E-state index in [2.05, 4.69) is 10.6 Å². The second-order valence-electron chi connectivity index (χ2n) is 3.58. The van der Waals surface area contributed by atoms with Crippen LogP contribution >= 0.6 is 0 Å². The van der Waals surface area contributed by atoms with Crippen molar-refractivity contribution in [1.82, 2.24) is 10.6 Å². The zero-order valence-corrected chi connectivity index (χ0v) is 6.85. The summed E-state index contributed by atoms with van der Waals surface area (Å²) in [6.07, 6.45) is 1.65. The predicted octanol–water partition coefficient (Wildman–Crippen LogP) is -0.0350. The number of alkyl halides is 1. The smallest absolute Gasteiger partial charge is 0.237 e. The van der Waals surface area contributed by atoms with Gasteiger partial charge in [-0.2, -0.15) is 0 Å². The highest BCUT2D eigenvalue weighted by Crippen LogP contribution is 2.19. The first-order valence-electron chi connectivity index (χ1n) is 4.43. The maximum absolute atomic E-state index is 12.6. The molecule has 4 heteroatoms. The third-order valence-electron chi connectivity index (χ3n) is 2.32. The van der Waals surface area contributed by atoms with Crippen molar-refractivity contribution in [2.24, 2.45) is 0 Å².